The van der Waals surface area contributed by atoms with Crippen LogP contribution in [0.15, 0.2) is 16.7 Å². The maximum absolute atomic E-state index is 4.26. The third-order valence-electron chi connectivity index (χ3n) is 1.69. The normalized spacial score (nSPS) is 9.92. The van der Waals surface area contributed by atoms with E-state index in [0.717, 1.165) is 23.1 Å². The second-order valence-corrected chi connectivity index (χ2v) is 3.58. The summed E-state index contributed by atoms with van der Waals surface area (Å²) < 4.78 is 1.05. The van der Waals surface area contributed by atoms with Crippen molar-refractivity contribution >= 4 is 21.7 Å². The number of aryl methyl sites for hydroxylation is 1. The standard InChI is InChI=1S/C9H13BrN2/c1-3-4-7-5-8(10)6-12-9(7)11-2/h5-6H,3-4H2,1-2H3,(H,11,12). The van der Waals surface area contributed by atoms with Gasteiger partial charge >= 0.3 is 0 Å². The molecule has 1 N–H and O–H groups in total. The molecule has 0 spiro atoms. The highest BCUT2D eigenvalue weighted by Crippen LogP contribution is 2.18. The minimum atomic E-state index is 0.986. The van der Waals surface area contributed by atoms with Crippen LogP contribution in [0, 0.1) is 0 Å². The fraction of sp³-hybridized carbons (Fsp3) is 0.444. The summed E-state index contributed by atoms with van der Waals surface area (Å²) in [5, 5.41) is 3.08. The molecule has 66 valence electrons. The van der Waals surface area contributed by atoms with Gasteiger partial charge in [0, 0.05) is 17.7 Å². The summed E-state index contributed by atoms with van der Waals surface area (Å²) in [6.07, 6.45) is 4.03. The maximum atomic E-state index is 4.26. The van der Waals surface area contributed by atoms with Crippen LogP contribution in [-0.4, -0.2) is 12.0 Å². The van der Waals surface area contributed by atoms with Gasteiger partial charge in [0.1, 0.15) is 5.82 Å². The van der Waals surface area contributed by atoms with Gasteiger partial charge in [-0.15, -0.1) is 0 Å². The Balaban J connectivity index is 2.95. The smallest absolute Gasteiger partial charge is 0.128 e. The minimum absolute atomic E-state index is 0.986. The second-order valence-electron chi connectivity index (χ2n) is 2.66. The Morgan fingerprint density at radius 2 is 2.33 bits per heavy atom. The molecule has 0 saturated heterocycles. The van der Waals surface area contributed by atoms with Crippen LogP contribution in [-0.2, 0) is 6.42 Å². The molecule has 0 saturated carbocycles. The number of hydrogen-bond donors (Lipinski definition) is 1. The number of nitrogens with one attached hydrogen (secondary N) is 1. The van der Waals surface area contributed by atoms with E-state index in [-0.39, 0.29) is 0 Å². The lowest BCUT2D eigenvalue weighted by molar-refractivity contribution is 0.914. The Kier molecular flexibility index (Phi) is 3.53. The topological polar surface area (TPSA) is 24.9 Å². The predicted molar refractivity (Wildman–Crippen MR) is 55.5 cm³/mol. The molecule has 0 atom stereocenters. The van der Waals surface area contributed by atoms with Gasteiger partial charge in [0.25, 0.3) is 0 Å². The van der Waals surface area contributed by atoms with Crippen LogP contribution in [0.2, 0.25) is 0 Å². The van der Waals surface area contributed by atoms with Crippen molar-refractivity contribution in [2.24, 2.45) is 0 Å². The van der Waals surface area contributed by atoms with Gasteiger partial charge in [-0.05, 0) is 34.0 Å². The first-order chi connectivity index (χ1) is 5.77. The zero-order valence-electron chi connectivity index (χ0n) is 7.39. The van der Waals surface area contributed by atoms with Gasteiger partial charge in [-0.1, -0.05) is 13.3 Å². The molecule has 0 bridgehead atoms. The van der Waals surface area contributed by atoms with E-state index < -0.39 is 0 Å². The molecule has 0 radical (unpaired) electrons. The summed E-state index contributed by atoms with van der Waals surface area (Å²) in [5.74, 6) is 0.986. The molecule has 0 aliphatic rings. The van der Waals surface area contributed by atoms with E-state index in [1.165, 1.54) is 5.56 Å². The Morgan fingerprint density at radius 3 is 2.92 bits per heavy atom. The minimum Gasteiger partial charge on any atom is -0.373 e. The summed E-state index contributed by atoms with van der Waals surface area (Å²) >= 11 is 3.41. The van der Waals surface area contributed by atoms with Crippen LogP contribution in [0.3, 0.4) is 0 Å². The Hall–Kier alpha value is -0.570. The van der Waals surface area contributed by atoms with Crippen LogP contribution < -0.4 is 5.32 Å². The predicted octanol–water partition coefficient (Wildman–Crippen LogP) is 2.84. The van der Waals surface area contributed by atoms with Crippen LogP contribution in [0.1, 0.15) is 18.9 Å². The Labute approximate surface area is 81.5 Å². The summed E-state index contributed by atoms with van der Waals surface area (Å²) in [5.41, 5.74) is 1.27. The van der Waals surface area contributed by atoms with E-state index >= 15 is 0 Å². The van der Waals surface area contributed by atoms with Gasteiger partial charge in [0.05, 0.1) is 0 Å². The summed E-state index contributed by atoms with van der Waals surface area (Å²) in [4.78, 5) is 4.26. The summed E-state index contributed by atoms with van der Waals surface area (Å²) in [7, 11) is 1.90. The molecule has 1 aromatic heterocycles. The number of halogens is 1. The van der Waals surface area contributed by atoms with Crippen molar-refractivity contribution in [3.63, 3.8) is 0 Å². The summed E-state index contributed by atoms with van der Waals surface area (Å²) in [6, 6.07) is 2.11. The van der Waals surface area contributed by atoms with Gasteiger partial charge in [-0.25, -0.2) is 4.98 Å². The molecular formula is C9H13BrN2. The number of nitrogens with zero attached hydrogens (tertiary/aromatic N) is 1. The van der Waals surface area contributed by atoms with E-state index in [1.807, 2.05) is 13.2 Å². The van der Waals surface area contributed by atoms with E-state index in [0.29, 0.717) is 0 Å². The maximum Gasteiger partial charge on any atom is 0.128 e. The van der Waals surface area contributed by atoms with E-state index in [9.17, 15) is 0 Å². The first-order valence-electron chi connectivity index (χ1n) is 4.10. The molecule has 0 amide bonds. The van der Waals surface area contributed by atoms with Crippen molar-refractivity contribution in [2.75, 3.05) is 12.4 Å². The van der Waals surface area contributed by atoms with E-state index in [1.54, 1.807) is 0 Å². The molecule has 0 aromatic carbocycles. The highest BCUT2D eigenvalue weighted by molar-refractivity contribution is 9.10. The SMILES string of the molecule is CCCc1cc(Br)cnc1NC. The van der Waals surface area contributed by atoms with Crippen molar-refractivity contribution < 1.29 is 0 Å². The largest absolute Gasteiger partial charge is 0.373 e. The van der Waals surface area contributed by atoms with Crippen LogP contribution in [0.4, 0.5) is 5.82 Å². The van der Waals surface area contributed by atoms with Gasteiger partial charge in [-0.2, -0.15) is 0 Å². The molecule has 0 aliphatic heterocycles. The lowest BCUT2D eigenvalue weighted by atomic mass is 10.1. The zero-order chi connectivity index (χ0) is 8.97. The molecule has 1 rings (SSSR count). The summed E-state index contributed by atoms with van der Waals surface area (Å²) in [6.45, 7) is 2.17. The van der Waals surface area contributed by atoms with Crippen molar-refractivity contribution in [1.29, 1.82) is 0 Å². The third kappa shape index (κ3) is 2.21. The average molecular weight is 229 g/mol. The quantitative estimate of drug-likeness (QED) is 0.861. The van der Waals surface area contributed by atoms with Crippen molar-refractivity contribution in [3.8, 4) is 0 Å². The number of rotatable bonds is 3. The second kappa shape index (κ2) is 4.45. The molecule has 0 fully saturated rings. The van der Waals surface area contributed by atoms with Gasteiger partial charge in [0.2, 0.25) is 0 Å². The van der Waals surface area contributed by atoms with Crippen molar-refractivity contribution in [3.05, 3.63) is 22.3 Å². The van der Waals surface area contributed by atoms with Crippen molar-refractivity contribution in [2.45, 2.75) is 19.8 Å². The first-order valence-corrected chi connectivity index (χ1v) is 4.89. The third-order valence-corrected chi connectivity index (χ3v) is 2.12. The Morgan fingerprint density at radius 1 is 1.58 bits per heavy atom. The lowest BCUT2D eigenvalue weighted by Crippen LogP contribution is -1.98. The number of aromatic nitrogens is 1. The number of hydrogen-bond acceptors (Lipinski definition) is 2. The average Bonchev–Trinajstić information content (AvgIpc) is 2.05. The van der Waals surface area contributed by atoms with E-state index in [2.05, 4.69) is 39.2 Å². The molecule has 2 nitrogen and oxygen atoms in total. The molecule has 0 aliphatic carbocycles. The fourth-order valence-corrected chi connectivity index (χ4v) is 1.54. The highest BCUT2D eigenvalue weighted by Gasteiger charge is 2.01. The molecule has 12 heavy (non-hydrogen) atoms. The molecule has 3 heteroatoms. The van der Waals surface area contributed by atoms with Crippen molar-refractivity contribution in [1.82, 2.24) is 4.98 Å². The molecular weight excluding hydrogens is 216 g/mol. The number of anilines is 1. The first kappa shape index (κ1) is 9.52. The number of pyridine rings is 1. The molecule has 1 heterocycles. The Bertz CT molecular complexity index is 261. The monoisotopic (exact) mass is 228 g/mol. The van der Waals surface area contributed by atoms with Crippen LogP contribution >= 0.6 is 15.9 Å². The lowest BCUT2D eigenvalue weighted by Gasteiger charge is -2.06. The molecule has 1 aromatic rings. The van der Waals surface area contributed by atoms with E-state index in [4.69, 9.17) is 0 Å². The van der Waals surface area contributed by atoms with Crippen LogP contribution in [0.5, 0.6) is 0 Å². The highest BCUT2D eigenvalue weighted by atomic mass is 79.9. The fourth-order valence-electron chi connectivity index (χ4n) is 1.17. The van der Waals surface area contributed by atoms with Gasteiger partial charge in [0.15, 0.2) is 0 Å². The van der Waals surface area contributed by atoms with Gasteiger partial charge in [-0.3, -0.25) is 0 Å². The zero-order valence-corrected chi connectivity index (χ0v) is 8.98. The van der Waals surface area contributed by atoms with Crippen LogP contribution in [0.25, 0.3) is 0 Å². The van der Waals surface area contributed by atoms with Gasteiger partial charge < -0.3 is 5.32 Å². The molecule has 0 unspecified atom stereocenters.